The van der Waals surface area contributed by atoms with Crippen LogP contribution in [0.4, 0.5) is 0 Å². The van der Waals surface area contributed by atoms with Crippen LogP contribution in [0.2, 0.25) is 10.0 Å². The summed E-state index contributed by atoms with van der Waals surface area (Å²) in [6.07, 6.45) is 0. The van der Waals surface area contributed by atoms with Gasteiger partial charge in [0.1, 0.15) is 12.4 Å². The monoisotopic (exact) mass is 333 g/mol. The summed E-state index contributed by atoms with van der Waals surface area (Å²) < 4.78 is 5.41. The van der Waals surface area contributed by atoms with E-state index < -0.39 is 0 Å². The molecule has 0 unspecified atom stereocenters. The molecule has 2 aromatic carbocycles. The molecule has 1 N–H and O–H groups in total. The summed E-state index contributed by atoms with van der Waals surface area (Å²) in [7, 11) is 0. The Morgan fingerprint density at radius 1 is 1.00 bits per heavy atom. The smallest absolute Gasteiger partial charge is 0.253 e. The Hall–Kier alpha value is -2.15. The highest BCUT2D eigenvalue weighted by molar-refractivity contribution is 6.33. The van der Waals surface area contributed by atoms with Gasteiger partial charge in [-0.2, -0.15) is 0 Å². The van der Waals surface area contributed by atoms with Gasteiger partial charge >= 0.3 is 0 Å². The van der Waals surface area contributed by atoms with Gasteiger partial charge in [0, 0.05) is 0 Å². The van der Waals surface area contributed by atoms with E-state index in [1.54, 1.807) is 36.4 Å². The summed E-state index contributed by atoms with van der Waals surface area (Å²) in [5.74, 6) is 5.93. The summed E-state index contributed by atoms with van der Waals surface area (Å²) in [4.78, 5) is 11.9. The van der Waals surface area contributed by atoms with E-state index in [2.05, 4.69) is 17.2 Å². The lowest BCUT2D eigenvalue weighted by atomic mass is 10.2. The number of hydrogen-bond acceptors (Lipinski definition) is 2. The van der Waals surface area contributed by atoms with Crippen LogP contribution < -0.4 is 10.1 Å². The lowest BCUT2D eigenvalue weighted by Crippen LogP contribution is -2.23. The number of carbonyl (C=O) groups excluding carboxylic acids is 1. The molecule has 0 heterocycles. The zero-order valence-electron chi connectivity index (χ0n) is 11.6. The van der Waals surface area contributed by atoms with Crippen molar-refractivity contribution < 1.29 is 9.53 Å². The molecular formula is C17H13Cl2NO2. The number of halogens is 2. The van der Waals surface area contributed by atoms with E-state index in [0.717, 1.165) is 0 Å². The van der Waals surface area contributed by atoms with Crippen LogP contribution in [0.5, 0.6) is 5.75 Å². The van der Waals surface area contributed by atoms with Crippen molar-refractivity contribution in [1.82, 2.24) is 5.32 Å². The molecular weight excluding hydrogens is 321 g/mol. The summed E-state index contributed by atoms with van der Waals surface area (Å²) >= 11 is 11.9. The molecule has 0 aliphatic carbocycles. The fourth-order valence-corrected chi connectivity index (χ4v) is 2.07. The van der Waals surface area contributed by atoms with E-state index in [1.165, 1.54) is 0 Å². The van der Waals surface area contributed by atoms with Gasteiger partial charge in [0.05, 0.1) is 22.2 Å². The molecule has 2 rings (SSSR count). The minimum absolute atomic E-state index is 0.200. The molecule has 0 aliphatic heterocycles. The van der Waals surface area contributed by atoms with E-state index in [9.17, 15) is 4.79 Å². The molecule has 0 aromatic heterocycles. The van der Waals surface area contributed by atoms with E-state index in [-0.39, 0.29) is 19.1 Å². The fourth-order valence-electron chi connectivity index (χ4n) is 1.65. The summed E-state index contributed by atoms with van der Waals surface area (Å²) in [5, 5.41) is 3.62. The number of amides is 1. The van der Waals surface area contributed by atoms with Crippen molar-refractivity contribution in [1.29, 1.82) is 0 Å². The van der Waals surface area contributed by atoms with Gasteiger partial charge in [0.25, 0.3) is 5.91 Å². The third-order valence-electron chi connectivity index (χ3n) is 2.72. The molecule has 1 amide bonds. The number of rotatable bonds is 4. The SMILES string of the molecule is O=C(NCC#CCOc1ccccc1Cl)c1ccccc1Cl. The minimum atomic E-state index is -0.257. The Balaban J connectivity index is 1.77. The Morgan fingerprint density at radius 3 is 2.41 bits per heavy atom. The average molecular weight is 334 g/mol. The summed E-state index contributed by atoms with van der Waals surface area (Å²) in [6, 6.07) is 14.0. The van der Waals surface area contributed by atoms with E-state index in [4.69, 9.17) is 27.9 Å². The first kappa shape index (κ1) is 16.2. The molecule has 0 spiro atoms. The third-order valence-corrected chi connectivity index (χ3v) is 3.36. The van der Waals surface area contributed by atoms with Gasteiger partial charge in [0.15, 0.2) is 0 Å². The van der Waals surface area contributed by atoms with E-state index in [1.807, 2.05) is 12.1 Å². The predicted molar refractivity (Wildman–Crippen MR) is 88.5 cm³/mol. The van der Waals surface area contributed by atoms with Crippen molar-refractivity contribution in [3.8, 4) is 17.6 Å². The molecule has 22 heavy (non-hydrogen) atoms. The van der Waals surface area contributed by atoms with Crippen LogP contribution in [0.25, 0.3) is 0 Å². The van der Waals surface area contributed by atoms with Crippen molar-refractivity contribution in [3.63, 3.8) is 0 Å². The van der Waals surface area contributed by atoms with Crippen LogP contribution in [-0.2, 0) is 0 Å². The maximum atomic E-state index is 11.9. The predicted octanol–water partition coefficient (Wildman–Crippen LogP) is 3.81. The second-order valence-corrected chi connectivity index (χ2v) is 5.05. The normalized spacial score (nSPS) is 9.55. The highest BCUT2D eigenvalue weighted by Crippen LogP contribution is 2.22. The Labute approximate surface area is 139 Å². The van der Waals surface area contributed by atoms with Crippen LogP contribution in [0.1, 0.15) is 10.4 Å². The minimum Gasteiger partial charge on any atom is -0.479 e. The molecule has 112 valence electrons. The number of carbonyl (C=O) groups is 1. The van der Waals surface area contributed by atoms with Crippen LogP contribution in [0.3, 0.4) is 0 Å². The number of benzene rings is 2. The Morgan fingerprint density at radius 2 is 1.68 bits per heavy atom. The maximum absolute atomic E-state index is 11.9. The van der Waals surface area contributed by atoms with Crippen LogP contribution >= 0.6 is 23.2 Å². The average Bonchev–Trinajstić information content (AvgIpc) is 2.52. The second kappa shape index (κ2) is 8.33. The number of ether oxygens (including phenoxy) is 1. The number of para-hydroxylation sites is 1. The van der Waals surface area contributed by atoms with E-state index in [0.29, 0.717) is 21.4 Å². The first-order chi connectivity index (χ1) is 10.7. The Bertz CT molecular complexity index is 720. The lowest BCUT2D eigenvalue weighted by Gasteiger charge is -2.04. The van der Waals surface area contributed by atoms with Crippen molar-refractivity contribution >= 4 is 29.1 Å². The second-order valence-electron chi connectivity index (χ2n) is 4.24. The van der Waals surface area contributed by atoms with Crippen molar-refractivity contribution in [2.45, 2.75) is 0 Å². The quantitative estimate of drug-likeness (QED) is 0.864. The first-order valence-electron chi connectivity index (χ1n) is 6.54. The molecule has 0 aliphatic rings. The van der Waals surface area contributed by atoms with Gasteiger partial charge in [-0.3, -0.25) is 4.79 Å². The zero-order chi connectivity index (χ0) is 15.8. The Kier molecular flexibility index (Phi) is 6.14. The molecule has 0 saturated carbocycles. The van der Waals surface area contributed by atoms with Crippen LogP contribution in [0, 0.1) is 11.8 Å². The molecule has 0 saturated heterocycles. The fraction of sp³-hybridized carbons (Fsp3) is 0.118. The van der Waals surface area contributed by atoms with Gasteiger partial charge in [-0.05, 0) is 24.3 Å². The molecule has 0 atom stereocenters. The summed E-state index contributed by atoms with van der Waals surface area (Å²) in [6.45, 7) is 0.418. The van der Waals surface area contributed by atoms with Crippen LogP contribution in [0.15, 0.2) is 48.5 Å². The topological polar surface area (TPSA) is 38.3 Å². The lowest BCUT2D eigenvalue weighted by molar-refractivity contribution is 0.0959. The first-order valence-corrected chi connectivity index (χ1v) is 7.30. The molecule has 3 nitrogen and oxygen atoms in total. The van der Waals surface area contributed by atoms with Gasteiger partial charge in [-0.25, -0.2) is 0 Å². The third kappa shape index (κ3) is 4.70. The highest BCUT2D eigenvalue weighted by Gasteiger charge is 2.07. The van der Waals surface area contributed by atoms with Gasteiger partial charge < -0.3 is 10.1 Å². The number of hydrogen-bond donors (Lipinski definition) is 1. The molecule has 0 radical (unpaired) electrons. The summed E-state index contributed by atoms with van der Waals surface area (Å²) in [5.41, 5.74) is 0.429. The maximum Gasteiger partial charge on any atom is 0.253 e. The molecule has 0 fully saturated rings. The zero-order valence-corrected chi connectivity index (χ0v) is 13.1. The van der Waals surface area contributed by atoms with Crippen molar-refractivity contribution in [2.75, 3.05) is 13.2 Å². The van der Waals surface area contributed by atoms with E-state index >= 15 is 0 Å². The highest BCUT2D eigenvalue weighted by atomic mass is 35.5. The van der Waals surface area contributed by atoms with Gasteiger partial charge in [-0.15, -0.1) is 0 Å². The largest absolute Gasteiger partial charge is 0.479 e. The van der Waals surface area contributed by atoms with Gasteiger partial charge in [0.2, 0.25) is 0 Å². The molecule has 5 heteroatoms. The standard InChI is InChI=1S/C17H13Cl2NO2/c18-14-8-2-1-7-13(14)17(21)20-11-5-6-12-22-16-10-4-3-9-15(16)19/h1-4,7-10H,11-12H2,(H,20,21). The molecule has 0 bridgehead atoms. The van der Waals surface area contributed by atoms with Crippen molar-refractivity contribution in [3.05, 3.63) is 64.1 Å². The van der Waals surface area contributed by atoms with Gasteiger partial charge in [-0.1, -0.05) is 59.3 Å². The van der Waals surface area contributed by atoms with Crippen LogP contribution in [-0.4, -0.2) is 19.1 Å². The number of nitrogens with one attached hydrogen (secondary N) is 1. The molecule has 2 aromatic rings. The van der Waals surface area contributed by atoms with Crippen molar-refractivity contribution in [2.24, 2.45) is 0 Å².